The summed E-state index contributed by atoms with van der Waals surface area (Å²) in [6.07, 6.45) is 0. The van der Waals surface area contributed by atoms with Crippen LogP contribution in [0.3, 0.4) is 0 Å². The van der Waals surface area contributed by atoms with Crippen LogP contribution in [0.1, 0.15) is 21.5 Å². The van der Waals surface area contributed by atoms with Crippen LogP contribution >= 0.6 is 11.6 Å². The molecule has 0 saturated heterocycles. The molecule has 0 aliphatic carbocycles. The van der Waals surface area contributed by atoms with Gasteiger partial charge >= 0.3 is 5.97 Å². The summed E-state index contributed by atoms with van der Waals surface area (Å²) in [5, 5.41) is 7.56. The van der Waals surface area contributed by atoms with E-state index in [4.69, 9.17) is 21.1 Å². The van der Waals surface area contributed by atoms with Gasteiger partial charge < -0.3 is 9.47 Å². The smallest absolute Gasteiger partial charge is 0.343 e. The molecular weight excluding hydrogens is 299 g/mol. The minimum absolute atomic E-state index is 0.0431. The monoisotopic (exact) mass is 310 g/mol. The third-order valence-corrected chi connectivity index (χ3v) is 3.22. The highest BCUT2D eigenvalue weighted by atomic mass is 35.5. The number of aromatic nitrogens is 2. The Labute approximate surface area is 125 Å². The van der Waals surface area contributed by atoms with Crippen molar-refractivity contribution in [2.45, 2.75) is 13.8 Å². The number of halogens is 2. The highest BCUT2D eigenvalue weighted by molar-refractivity contribution is 6.30. The van der Waals surface area contributed by atoms with E-state index in [1.807, 2.05) is 0 Å². The fourth-order valence-electron chi connectivity index (χ4n) is 1.72. The zero-order valence-corrected chi connectivity index (χ0v) is 12.4. The molecule has 0 aliphatic rings. The standard InChI is InChI=1S/C14H12ClFN2O3/c1-7-6-9(16)4-5-10(7)21-13-11(14(19)20-3)8(2)12(15)17-18-13/h4-6H,1-3H3. The largest absolute Gasteiger partial charge is 0.465 e. The van der Waals surface area contributed by atoms with E-state index in [2.05, 4.69) is 10.2 Å². The van der Waals surface area contributed by atoms with E-state index < -0.39 is 5.97 Å². The molecule has 1 aromatic carbocycles. The molecule has 1 aromatic heterocycles. The van der Waals surface area contributed by atoms with Crippen LogP contribution in [-0.4, -0.2) is 23.3 Å². The molecule has 0 bridgehead atoms. The van der Waals surface area contributed by atoms with E-state index in [9.17, 15) is 9.18 Å². The van der Waals surface area contributed by atoms with E-state index in [1.165, 1.54) is 25.3 Å². The summed E-state index contributed by atoms with van der Waals surface area (Å²) in [5.41, 5.74) is 1.04. The third kappa shape index (κ3) is 3.11. The second-order valence-corrected chi connectivity index (χ2v) is 4.66. The molecule has 2 rings (SSSR count). The lowest BCUT2D eigenvalue weighted by atomic mass is 10.2. The van der Waals surface area contributed by atoms with Crippen molar-refractivity contribution in [2.75, 3.05) is 7.11 Å². The molecule has 0 amide bonds. The topological polar surface area (TPSA) is 61.3 Å². The maximum absolute atomic E-state index is 13.1. The zero-order valence-electron chi connectivity index (χ0n) is 11.6. The summed E-state index contributed by atoms with van der Waals surface area (Å²) < 4.78 is 23.3. The summed E-state index contributed by atoms with van der Waals surface area (Å²) in [4.78, 5) is 11.8. The van der Waals surface area contributed by atoms with Crippen molar-refractivity contribution in [3.05, 3.63) is 45.9 Å². The highest BCUT2D eigenvalue weighted by Crippen LogP contribution is 2.30. The molecule has 7 heteroatoms. The summed E-state index contributed by atoms with van der Waals surface area (Å²) in [7, 11) is 1.24. The number of ether oxygens (including phenoxy) is 2. The zero-order chi connectivity index (χ0) is 15.6. The Kier molecular flexibility index (Phi) is 4.37. The van der Waals surface area contributed by atoms with Gasteiger partial charge in [0.05, 0.1) is 7.11 Å². The van der Waals surface area contributed by atoms with E-state index in [-0.39, 0.29) is 22.4 Å². The molecule has 1 heterocycles. The number of hydrogen-bond acceptors (Lipinski definition) is 5. The van der Waals surface area contributed by atoms with Gasteiger partial charge in [0.2, 0.25) is 0 Å². The minimum Gasteiger partial charge on any atom is -0.465 e. The molecule has 0 N–H and O–H groups in total. The van der Waals surface area contributed by atoms with Gasteiger partial charge in [0.25, 0.3) is 5.88 Å². The molecule has 5 nitrogen and oxygen atoms in total. The van der Waals surface area contributed by atoms with Crippen molar-refractivity contribution in [3.63, 3.8) is 0 Å². The van der Waals surface area contributed by atoms with Crippen molar-refractivity contribution in [2.24, 2.45) is 0 Å². The van der Waals surface area contributed by atoms with Crippen LogP contribution in [0.2, 0.25) is 5.15 Å². The number of methoxy groups -OCH3 is 1. The molecule has 21 heavy (non-hydrogen) atoms. The Morgan fingerprint density at radius 3 is 2.62 bits per heavy atom. The number of nitrogens with zero attached hydrogens (tertiary/aromatic N) is 2. The van der Waals surface area contributed by atoms with Gasteiger partial charge in [-0.1, -0.05) is 11.6 Å². The Morgan fingerprint density at radius 1 is 1.29 bits per heavy atom. The van der Waals surface area contributed by atoms with Crippen molar-refractivity contribution < 1.29 is 18.7 Å². The first-order valence-corrected chi connectivity index (χ1v) is 6.37. The van der Waals surface area contributed by atoms with Gasteiger partial charge in [-0.3, -0.25) is 0 Å². The number of esters is 1. The summed E-state index contributed by atoms with van der Waals surface area (Å²) in [6.45, 7) is 3.28. The lowest BCUT2D eigenvalue weighted by Gasteiger charge is -2.12. The van der Waals surface area contributed by atoms with Gasteiger partial charge in [-0.25, -0.2) is 9.18 Å². The van der Waals surface area contributed by atoms with Gasteiger partial charge in [0, 0.05) is 5.56 Å². The number of rotatable bonds is 3. The van der Waals surface area contributed by atoms with Crippen LogP contribution in [0.4, 0.5) is 4.39 Å². The van der Waals surface area contributed by atoms with E-state index >= 15 is 0 Å². The molecule has 0 atom stereocenters. The Bertz CT molecular complexity index is 707. The van der Waals surface area contributed by atoms with Gasteiger partial charge in [-0.15, -0.1) is 10.2 Å². The average molecular weight is 311 g/mol. The maximum Gasteiger partial charge on any atom is 0.343 e. The van der Waals surface area contributed by atoms with Crippen LogP contribution in [0.25, 0.3) is 0 Å². The molecule has 0 aliphatic heterocycles. The molecule has 110 valence electrons. The molecular formula is C14H12ClFN2O3. The van der Waals surface area contributed by atoms with Crippen LogP contribution < -0.4 is 4.74 Å². The van der Waals surface area contributed by atoms with Gasteiger partial charge in [0.15, 0.2) is 5.15 Å². The lowest BCUT2D eigenvalue weighted by molar-refractivity contribution is 0.0595. The van der Waals surface area contributed by atoms with Crippen molar-refractivity contribution >= 4 is 17.6 Å². The molecule has 0 fully saturated rings. The lowest BCUT2D eigenvalue weighted by Crippen LogP contribution is -2.09. The van der Waals surface area contributed by atoms with Gasteiger partial charge in [0.1, 0.15) is 17.1 Å². The fourth-order valence-corrected chi connectivity index (χ4v) is 1.86. The second-order valence-electron chi connectivity index (χ2n) is 4.30. The van der Waals surface area contributed by atoms with E-state index in [0.29, 0.717) is 16.9 Å². The van der Waals surface area contributed by atoms with Crippen molar-refractivity contribution in [1.29, 1.82) is 0 Å². The van der Waals surface area contributed by atoms with E-state index in [0.717, 1.165) is 0 Å². The first-order chi connectivity index (χ1) is 9.93. The quantitative estimate of drug-likeness (QED) is 0.812. The van der Waals surface area contributed by atoms with Crippen LogP contribution in [0.15, 0.2) is 18.2 Å². The molecule has 2 aromatic rings. The summed E-state index contributed by atoms with van der Waals surface area (Å²) >= 11 is 5.86. The third-order valence-electron chi connectivity index (χ3n) is 2.86. The molecule has 0 radical (unpaired) electrons. The first kappa shape index (κ1) is 15.2. The van der Waals surface area contributed by atoms with Crippen molar-refractivity contribution in [3.8, 4) is 11.6 Å². The number of carbonyl (C=O) groups excluding carboxylic acids is 1. The SMILES string of the molecule is COC(=O)c1c(Oc2ccc(F)cc2C)nnc(Cl)c1C. The van der Waals surface area contributed by atoms with Crippen LogP contribution in [-0.2, 0) is 4.74 Å². The van der Waals surface area contributed by atoms with Crippen LogP contribution in [0, 0.1) is 19.7 Å². The van der Waals surface area contributed by atoms with Crippen molar-refractivity contribution in [1.82, 2.24) is 10.2 Å². The number of aryl methyl sites for hydroxylation is 1. The van der Waals surface area contributed by atoms with E-state index in [1.54, 1.807) is 13.8 Å². The number of carbonyl (C=O) groups is 1. The molecule has 0 unspecified atom stereocenters. The predicted octanol–water partition coefficient (Wildman–Crippen LogP) is 3.46. The Balaban J connectivity index is 2.49. The number of hydrogen-bond donors (Lipinski definition) is 0. The van der Waals surface area contributed by atoms with Gasteiger partial charge in [-0.2, -0.15) is 0 Å². The van der Waals surface area contributed by atoms with Crippen LogP contribution in [0.5, 0.6) is 11.6 Å². The molecule has 0 saturated carbocycles. The summed E-state index contributed by atoms with van der Waals surface area (Å²) in [6, 6.07) is 4.00. The summed E-state index contributed by atoms with van der Waals surface area (Å²) in [5.74, 6) is -0.707. The maximum atomic E-state index is 13.1. The Morgan fingerprint density at radius 2 is 2.00 bits per heavy atom. The van der Waals surface area contributed by atoms with Gasteiger partial charge in [-0.05, 0) is 37.6 Å². The number of benzene rings is 1. The highest BCUT2D eigenvalue weighted by Gasteiger charge is 2.22. The average Bonchev–Trinajstić information content (AvgIpc) is 2.45. The fraction of sp³-hybridized carbons (Fsp3) is 0.214. The minimum atomic E-state index is -0.640. The molecule has 0 spiro atoms. The Hall–Kier alpha value is -2.21. The first-order valence-electron chi connectivity index (χ1n) is 5.99. The second kappa shape index (κ2) is 6.05. The predicted molar refractivity (Wildman–Crippen MR) is 74.3 cm³/mol. The normalized spacial score (nSPS) is 10.3.